The molecule has 26 heavy (non-hydrogen) atoms. The summed E-state index contributed by atoms with van der Waals surface area (Å²) in [6.45, 7) is 2.59. The molecule has 4 rings (SSSR count). The van der Waals surface area contributed by atoms with Crippen LogP contribution in [-0.4, -0.2) is 22.8 Å². The Morgan fingerprint density at radius 2 is 1.92 bits per heavy atom. The van der Waals surface area contributed by atoms with Gasteiger partial charge in [0.05, 0.1) is 0 Å². The maximum Gasteiger partial charge on any atom is 0.251 e. The van der Waals surface area contributed by atoms with Crippen molar-refractivity contribution in [2.75, 3.05) is 6.79 Å². The number of aryl methyl sites for hydroxylation is 1. The minimum atomic E-state index is -0.156. The molecule has 0 atom stereocenters. The highest BCUT2D eigenvalue weighted by molar-refractivity contribution is 5.94. The Morgan fingerprint density at radius 1 is 1.12 bits per heavy atom. The van der Waals surface area contributed by atoms with Gasteiger partial charge in [-0.1, -0.05) is 30.3 Å². The average molecular weight is 351 g/mol. The standard InChI is InChI=1S/C19H17N3O4/c1-2-17-21-18(22-26-17)13-4-6-14(7-5-13)19(23)20-10-12-3-8-15-16(9-12)25-11-24-15/h3-9H,2,10-11H2,1H3,(H,20,23). The van der Waals surface area contributed by atoms with E-state index in [4.69, 9.17) is 14.0 Å². The molecular formula is C19H17N3O4. The third-order valence-electron chi connectivity index (χ3n) is 4.07. The molecule has 1 amide bonds. The number of aromatic nitrogens is 2. The second kappa shape index (κ2) is 6.87. The molecule has 0 spiro atoms. The summed E-state index contributed by atoms with van der Waals surface area (Å²) < 4.78 is 15.7. The van der Waals surface area contributed by atoms with Gasteiger partial charge in [0.1, 0.15) is 0 Å². The van der Waals surface area contributed by atoms with Gasteiger partial charge in [-0.05, 0) is 29.8 Å². The van der Waals surface area contributed by atoms with Crippen LogP contribution in [0.1, 0.15) is 28.7 Å². The molecule has 0 bridgehead atoms. The molecule has 1 aliphatic rings. The van der Waals surface area contributed by atoms with Crippen molar-refractivity contribution in [1.82, 2.24) is 15.5 Å². The van der Waals surface area contributed by atoms with Crippen molar-refractivity contribution in [3.05, 3.63) is 59.5 Å². The smallest absolute Gasteiger partial charge is 0.251 e. The van der Waals surface area contributed by atoms with Crippen LogP contribution in [-0.2, 0) is 13.0 Å². The first-order valence-electron chi connectivity index (χ1n) is 8.32. The van der Waals surface area contributed by atoms with E-state index >= 15 is 0 Å². The minimum Gasteiger partial charge on any atom is -0.454 e. The molecule has 1 aromatic heterocycles. The zero-order chi connectivity index (χ0) is 17.9. The van der Waals surface area contributed by atoms with Crippen molar-refractivity contribution in [1.29, 1.82) is 0 Å². The largest absolute Gasteiger partial charge is 0.454 e. The highest BCUT2D eigenvalue weighted by atomic mass is 16.7. The van der Waals surface area contributed by atoms with Gasteiger partial charge in [-0.3, -0.25) is 4.79 Å². The number of nitrogens with one attached hydrogen (secondary N) is 1. The summed E-state index contributed by atoms with van der Waals surface area (Å²) in [5.74, 6) is 2.38. The number of rotatable bonds is 5. The molecule has 0 aliphatic carbocycles. The SMILES string of the molecule is CCc1nc(-c2ccc(C(=O)NCc3ccc4c(c3)OCO4)cc2)no1. The number of amides is 1. The Labute approximate surface area is 149 Å². The number of ether oxygens (including phenoxy) is 2. The topological polar surface area (TPSA) is 86.5 Å². The fourth-order valence-corrected chi connectivity index (χ4v) is 2.62. The van der Waals surface area contributed by atoms with E-state index in [0.717, 1.165) is 16.9 Å². The molecule has 0 saturated heterocycles. The van der Waals surface area contributed by atoms with Crippen LogP contribution in [0.15, 0.2) is 47.0 Å². The molecule has 0 unspecified atom stereocenters. The number of hydrogen-bond acceptors (Lipinski definition) is 6. The number of carbonyl (C=O) groups is 1. The van der Waals surface area contributed by atoms with Crippen molar-refractivity contribution in [2.24, 2.45) is 0 Å². The third-order valence-corrected chi connectivity index (χ3v) is 4.07. The van der Waals surface area contributed by atoms with Gasteiger partial charge in [0.15, 0.2) is 11.5 Å². The first-order valence-corrected chi connectivity index (χ1v) is 8.32. The quantitative estimate of drug-likeness (QED) is 0.760. The van der Waals surface area contributed by atoms with E-state index in [1.165, 1.54) is 0 Å². The monoisotopic (exact) mass is 351 g/mol. The summed E-state index contributed by atoms with van der Waals surface area (Å²) in [4.78, 5) is 16.6. The molecule has 132 valence electrons. The Kier molecular flexibility index (Phi) is 4.27. The summed E-state index contributed by atoms with van der Waals surface area (Å²) in [5.41, 5.74) is 2.31. The molecule has 7 nitrogen and oxygen atoms in total. The third kappa shape index (κ3) is 3.23. The van der Waals surface area contributed by atoms with Crippen molar-refractivity contribution in [2.45, 2.75) is 19.9 Å². The van der Waals surface area contributed by atoms with Crippen LogP contribution < -0.4 is 14.8 Å². The Bertz CT molecular complexity index is 934. The molecular weight excluding hydrogens is 334 g/mol. The lowest BCUT2D eigenvalue weighted by atomic mass is 10.1. The second-order valence-electron chi connectivity index (χ2n) is 5.81. The average Bonchev–Trinajstić information content (AvgIpc) is 3.35. The number of carbonyl (C=O) groups excluding carboxylic acids is 1. The van der Waals surface area contributed by atoms with Crippen molar-refractivity contribution >= 4 is 5.91 Å². The minimum absolute atomic E-state index is 0.156. The van der Waals surface area contributed by atoms with Crippen molar-refractivity contribution in [3.8, 4) is 22.9 Å². The molecule has 1 aliphatic heterocycles. The van der Waals surface area contributed by atoms with Gasteiger partial charge in [-0.15, -0.1) is 0 Å². The van der Waals surface area contributed by atoms with E-state index in [2.05, 4.69) is 15.5 Å². The maximum atomic E-state index is 12.3. The summed E-state index contributed by atoms with van der Waals surface area (Å²) >= 11 is 0. The fraction of sp³-hybridized carbons (Fsp3) is 0.211. The van der Waals surface area contributed by atoms with Crippen molar-refractivity contribution < 1.29 is 18.8 Å². The Hall–Kier alpha value is -3.35. The van der Waals surface area contributed by atoms with E-state index in [-0.39, 0.29) is 12.7 Å². The normalized spacial score (nSPS) is 12.2. The van der Waals surface area contributed by atoms with Gasteiger partial charge in [0.25, 0.3) is 5.91 Å². The van der Waals surface area contributed by atoms with Gasteiger partial charge >= 0.3 is 0 Å². The number of nitrogens with zero attached hydrogens (tertiary/aromatic N) is 2. The molecule has 3 aromatic rings. The Balaban J connectivity index is 1.40. The van der Waals surface area contributed by atoms with Crippen LogP contribution in [0.4, 0.5) is 0 Å². The zero-order valence-corrected chi connectivity index (χ0v) is 14.2. The highest BCUT2D eigenvalue weighted by Gasteiger charge is 2.14. The summed E-state index contributed by atoms with van der Waals surface area (Å²) in [7, 11) is 0. The van der Waals surface area contributed by atoms with E-state index < -0.39 is 0 Å². The lowest BCUT2D eigenvalue weighted by Gasteiger charge is -2.07. The number of fused-ring (bicyclic) bond motifs is 1. The van der Waals surface area contributed by atoms with Gasteiger partial charge in [-0.25, -0.2) is 0 Å². The van der Waals surface area contributed by atoms with Gasteiger partial charge in [0, 0.05) is 24.1 Å². The zero-order valence-electron chi connectivity index (χ0n) is 14.2. The molecule has 0 saturated carbocycles. The Morgan fingerprint density at radius 3 is 2.69 bits per heavy atom. The molecule has 0 radical (unpaired) electrons. The lowest BCUT2D eigenvalue weighted by Crippen LogP contribution is -2.22. The predicted octanol–water partition coefficient (Wildman–Crippen LogP) is 2.96. The number of benzene rings is 2. The van der Waals surface area contributed by atoms with E-state index in [9.17, 15) is 4.79 Å². The summed E-state index contributed by atoms with van der Waals surface area (Å²) in [6.07, 6.45) is 0.688. The maximum absolute atomic E-state index is 12.3. The molecule has 0 fully saturated rings. The van der Waals surface area contributed by atoms with Crippen molar-refractivity contribution in [3.63, 3.8) is 0 Å². The van der Waals surface area contributed by atoms with E-state index in [1.54, 1.807) is 24.3 Å². The van der Waals surface area contributed by atoms with E-state index in [1.807, 2.05) is 25.1 Å². The van der Waals surface area contributed by atoms with Gasteiger partial charge in [0.2, 0.25) is 18.5 Å². The summed E-state index contributed by atoms with van der Waals surface area (Å²) in [6, 6.07) is 12.7. The fourth-order valence-electron chi connectivity index (χ4n) is 2.62. The van der Waals surface area contributed by atoms with Gasteiger partial charge < -0.3 is 19.3 Å². The van der Waals surface area contributed by atoms with Crippen LogP contribution >= 0.6 is 0 Å². The van der Waals surface area contributed by atoms with Crippen LogP contribution in [0.25, 0.3) is 11.4 Å². The first kappa shape index (κ1) is 16.1. The molecule has 7 heteroatoms. The molecule has 2 aromatic carbocycles. The first-order chi connectivity index (χ1) is 12.7. The number of hydrogen-bond donors (Lipinski definition) is 1. The van der Waals surface area contributed by atoms with Crippen LogP contribution in [0.5, 0.6) is 11.5 Å². The van der Waals surface area contributed by atoms with Crippen LogP contribution in [0, 0.1) is 0 Å². The molecule has 2 heterocycles. The van der Waals surface area contributed by atoms with Crippen LogP contribution in [0.3, 0.4) is 0 Å². The molecule has 1 N–H and O–H groups in total. The summed E-state index contributed by atoms with van der Waals surface area (Å²) in [5, 5.41) is 6.82. The highest BCUT2D eigenvalue weighted by Crippen LogP contribution is 2.32. The predicted molar refractivity (Wildman–Crippen MR) is 92.8 cm³/mol. The van der Waals surface area contributed by atoms with Crippen LogP contribution in [0.2, 0.25) is 0 Å². The second-order valence-corrected chi connectivity index (χ2v) is 5.81. The lowest BCUT2D eigenvalue weighted by molar-refractivity contribution is 0.0951. The van der Waals surface area contributed by atoms with E-state index in [0.29, 0.717) is 36.0 Å². The van der Waals surface area contributed by atoms with Gasteiger partial charge in [-0.2, -0.15) is 4.98 Å².